The van der Waals surface area contributed by atoms with Gasteiger partial charge in [0.2, 0.25) is 0 Å². The van der Waals surface area contributed by atoms with Gasteiger partial charge in [-0.05, 0) is 25.0 Å². The van der Waals surface area contributed by atoms with Gasteiger partial charge in [0.25, 0.3) is 0 Å². The summed E-state index contributed by atoms with van der Waals surface area (Å²) in [5.74, 6) is 1.35. The molecule has 0 aliphatic heterocycles. The Morgan fingerprint density at radius 2 is 2.00 bits per heavy atom. The molecule has 0 saturated heterocycles. The SMILES string of the molecule is COc1ccc(Nc2cc3c(cn2)n(C)c(=O)n3C2CCCC2)c(Cl)c1. The van der Waals surface area contributed by atoms with Gasteiger partial charge in [-0.25, -0.2) is 9.78 Å². The summed E-state index contributed by atoms with van der Waals surface area (Å²) < 4.78 is 8.77. The number of halogens is 1. The smallest absolute Gasteiger partial charge is 0.329 e. The first-order valence-corrected chi connectivity index (χ1v) is 9.14. The Hall–Kier alpha value is -2.47. The summed E-state index contributed by atoms with van der Waals surface area (Å²) in [6.45, 7) is 0. The maximum atomic E-state index is 12.7. The summed E-state index contributed by atoms with van der Waals surface area (Å²) in [5, 5.41) is 3.79. The number of hydrogen-bond acceptors (Lipinski definition) is 4. The first-order valence-electron chi connectivity index (χ1n) is 8.76. The zero-order chi connectivity index (χ0) is 18.3. The Morgan fingerprint density at radius 3 is 2.69 bits per heavy atom. The van der Waals surface area contributed by atoms with Gasteiger partial charge in [0, 0.05) is 25.2 Å². The second kappa shape index (κ2) is 6.68. The zero-order valence-corrected chi connectivity index (χ0v) is 15.6. The van der Waals surface area contributed by atoms with E-state index in [0.29, 0.717) is 16.6 Å². The lowest BCUT2D eigenvalue weighted by molar-refractivity contribution is 0.415. The molecule has 0 spiro atoms. The molecule has 1 N–H and O–H groups in total. The third-order valence-electron chi connectivity index (χ3n) is 5.10. The highest BCUT2D eigenvalue weighted by atomic mass is 35.5. The van der Waals surface area contributed by atoms with Crippen LogP contribution < -0.4 is 15.7 Å². The Bertz CT molecular complexity index is 1020. The van der Waals surface area contributed by atoms with Crippen molar-refractivity contribution in [3.8, 4) is 5.75 Å². The maximum Gasteiger partial charge on any atom is 0.329 e. The predicted octanol–water partition coefficient (Wildman–Crippen LogP) is 4.26. The number of aryl methyl sites for hydroxylation is 1. The summed E-state index contributed by atoms with van der Waals surface area (Å²) in [6.07, 6.45) is 6.18. The molecule has 0 atom stereocenters. The van der Waals surface area contributed by atoms with Crippen LogP contribution in [0.2, 0.25) is 5.02 Å². The topological polar surface area (TPSA) is 61.1 Å². The second-order valence-electron chi connectivity index (χ2n) is 6.68. The number of aromatic nitrogens is 3. The van der Waals surface area contributed by atoms with Crippen LogP contribution in [0.25, 0.3) is 11.0 Å². The number of rotatable bonds is 4. The largest absolute Gasteiger partial charge is 0.497 e. The highest BCUT2D eigenvalue weighted by Gasteiger charge is 2.23. The molecule has 1 aliphatic carbocycles. The van der Waals surface area contributed by atoms with Crippen LogP contribution in [0, 0.1) is 0 Å². The van der Waals surface area contributed by atoms with E-state index in [9.17, 15) is 4.79 Å². The normalized spacial score (nSPS) is 14.9. The summed E-state index contributed by atoms with van der Waals surface area (Å²) in [5.41, 5.74) is 2.51. The van der Waals surface area contributed by atoms with Crippen LogP contribution in [0.1, 0.15) is 31.7 Å². The molecule has 0 unspecified atom stereocenters. The van der Waals surface area contributed by atoms with E-state index in [0.717, 1.165) is 29.6 Å². The van der Waals surface area contributed by atoms with E-state index in [4.69, 9.17) is 16.3 Å². The fraction of sp³-hybridized carbons (Fsp3) is 0.368. The van der Waals surface area contributed by atoms with Gasteiger partial charge in [-0.1, -0.05) is 24.4 Å². The van der Waals surface area contributed by atoms with Gasteiger partial charge in [0.15, 0.2) is 0 Å². The Labute approximate surface area is 156 Å². The van der Waals surface area contributed by atoms with E-state index >= 15 is 0 Å². The van der Waals surface area contributed by atoms with Crippen LogP contribution in [-0.2, 0) is 7.05 Å². The molecule has 26 heavy (non-hydrogen) atoms. The molecular weight excluding hydrogens is 352 g/mol. The molecule has 136 valence electrons. The standard InChI is InChI=1S/C19H21ClN4O2/c1-23-17-11-21-18(22-15-8-7-13(26-2)9-14(15)20)10-16(17)24(19(23)25)12-5-3-4-6-12/h7-12H,3-6H2,1-2H3,(H,21,22). The summed E-state index contributed by atoms with van der Waals surface area (Å²) >= 11 is 6.31. The molecule has 1 aromatic carbocycles. The molecule has 1 fully saturated rings. The van der Waals surface area contributed by atoms with Gasteiger partial charge in [-0.3, -0.25) is 9.13 Å². The number of fused-ring (bicyclic) bond motifs is 1. The number of nitrogens with one attached hydrogen (secondary N) is 1. The van der Waals surface area contributed by atoms with Crippen LogP contribution in [0.15, 0.2) is 35.3 Å². The van der Waals surface area contributed by atoms with Crippen LogP contribution in [0.3, 0.4) is 0 Å². The summed E-state index contributed by atoms with van der Waals surface area (Å²) in [6, 6.07) is 7.63. The Morgan fingerprint density at radius 1 is 1.23 bits per heavy atom. The number of nitrogens with zero attached hydrogens (tertiary/aromatic N) is 3. The van der Waals surface area contributed by atoms with Crippen molar-refractivity contribution >= 4 is 34.1 Å². The first-order chi connectivity index (χ1) is 12.6. The lowest BCUT2D eigenvalue weighted by Gasteiger charge is -2.12. The highest BCUT2D eigenvalue weighted by molar-refractivity contribution is 6.33. The van der Waals surface area contributed by atoms with Gasteiger partial charge in [-0.15, -0.1) is 0 Å². The Kier molecular flexibility index (Phi) is 4.36. The molecule has 1 aliphatic rings. The van der Waals surface area contributed by atoms with Crippen molar-refractivity contribution in [2.24, 2.45) is 7.05 Å². The van der Waals surface area contributed by atoms with Gasteiger partial charge >= 0.3 is 5.69 Å². The van der Waals surface area contributed by atoms with Gasteiger partial charge in [0.05, 0.1) is 35.1 Å². The number of hydrogen-bond donors (Lipinski definition) is 1. The molecule has 4 rings (SSSR count). The van der Waals surface area contributed by atoms with E-state index in [-0.39, 0.29) is 11.7 Å². The predicted molar refractivity (Wildman–Crippen MR) is 104 cm³/mol. The van der Waals surface area contributed by atoms with E-state index < -0.39 is 0 Å². The number of pyridine rings is 1. The zero-order valence-electron chi connectivity index (χ0n) is 14.8. The van der Waals surface area contributed by atoms with Gasteiger partial charge in [0.1, 0.15) is 11.6 Å². The number of methoxy groups -OCH3 is 1. The minimum absolute atomic E-state index is 0.0216. The molecular formula is C19H21ClN4O2. The van der Waals surface area contributed by atoms with E-state index in [1.54, 1.807) is 31.0 Å². The number of anilines is 2. The van der Waals surface area contributed by atoms with Crippen molar-refractivity contribution in [2.45, 2.75) is 31.7 Å². The number of benzene rings is 1. The third-order valence-corrected chi connectivity index (χ3v) is 5.42. The van der Waals surface area contributed by atoms with Crippen molar-refractivity contribution in [3.63, 3.8) is 0 Å². The van der Waals surface area contributed by atoms with Crippen molar-refractivity contribution in [3.05, 3.63) is 46.0 Å². The van der Waals surface area contributed by atoms with Crippen molar-refractivity contribution in [1.29, 1.82) is 0 Å². The van der Waals surface area contributed by atoms with Gasteiger partial charge < -0.3 is 10.1 Å². The maximum absolute atomic E-state index is 12.7. The van der Waals surface area contributed by atoms with Crippen LogP contribution in [-0.4, -0.2) is 21.2 Å². The molecule has 0 bridgehead atoms. The second-order valence-corrected chi connectivity index (χ2v) is 7.09. The van der Waals surface area contributed by atoms with E-state index in [1.807, 2.05) is 22.8 Å². The average Bonchev–Trinajstić information content (AvgIpc) is 3.24. The number of imidazole rings is 1. The summed E-state index contributed by atoms with van der Waals surface area (Å²) in [4.78, 5) is 17.2. The quantitative estimate of drug-likeness (QED) is 0.743. The average molecular weight is 373 g/mol. The monoisotopic (exact) mass is 372 g/mol. The van der Waals surface area contributed by atoms with Crippen LogP contribution in [0.4, 0.5) is 11.5 Å². The fourth-order valence-corrected chi connectivity index (χ4v) is 3.92. The minimum Gasteiger partial charge on any atom is -0.497 e. The third kappa shape index (κ3) is 2.84. The molecule has 0 radical (unpaired) electrons. The molecule has 6 nitrogen and oxygen atoms in total. The first kappa shape index (κ1) is 17.0. The van der Waals surface area contributed by atoms with E-state index in [2.05, 4.69) is 10.3 Å². The lowest BCUT2D eigenvalue weighted by Crippen LogP contribution is -2.24. The van der Waals surface area contributed by atoms with Gasteiger partial charge in [-0.2, -0.15) is 0 Å². The lowest BCUT2D eigenvalue weighted by atomic mass is 10.2. The molecule has 0 amide bonds. The highest BCUT2D eigenvalue weighted by Crippen LogP contribution is 2.33. The van der Waals surface area contributed by atoms with Crippen molar-refractivity contribution < 1.29 is 4.74 Å². The number of ether oxygens (including phenoxy) is 1. The van der Waals surface area contributed by atoms with Crippen molar-refractivity contribution in [1.82, 2.24) is 14.1 Å². The van der Waals surface area contributed by atoms with Crippen LogP contribution >= 0.6 is 11.6 Å². The van der Waals surface area contributed by atoms with Crippen molar-refractivity contribution in [2.75, 3.05) is 12.4 Å². The fourth-order valence-electron chi connectivity index (χ4n) is 3.70. The molecule has 7 heteroatoms. The molecule has 1 saturated carbocycles. The Balaban J connectivity index is 1.75. The molecule has 3 aromatic rings. The summed E-state index contributed by atoms with van der Waals surface area (Å²) in [7, 11) is 3.40. The van der Waals surface area contributed by atoms with E-state index in [1.165, 1.54) is 12.8 Å². The molecule has 2 heterocycles. The molecule has 2 aromatic heterocycles. The van der Waals surface area contributed by atoms with Crippen LogP contribution in [0.5, 0.6) is 5.75 Å². The minimum atomic E-state index is 0.0216.